The van der Waals surface area contributed by atoms with Crippen molar-refractivity contribution in [1.29, 1.82) is 0 Å². The molecule has 0 bridgehead atoms. The second-order valence-electron chi connectivity index (χ2n) is 5.01. The van der Waals surface area contributed by atoms with Gasteiger partial charge in [0.15, 0.2) is 0 Å². The number of carbonyl (C=O) groups is 1. The number of nitrogens with zero attached hydrogens (tertiary/aromatic N) is 2. The van der Waals surface area contributed by atoms with Crippen LogP contribution in [-0.4, -0.2) is 11.6 Å². The van der Waals surface area contributed by atoms with Gasteiger partial charge < -0.3 is 0 Å². The van der Waals surface area contributed by atoms with Gasteiger partial charge in [-0.25, -0.2) is 0 Å². The maximum absolute atomic E-state index is 12.6. The summed E-state index contributed by atoms with van der Waals surface area (Å²) >= 11 is 18.0. The maximum atomic E-state index is 12.6. The minimum Gasteiger partial charge on any atom is -0.267 e. The van der Waals surface area contributed by atoms with E-state index in [1.165, 1.54) is 5.01 Å². The molecule has 23 heavy (non-hydrogen) atoms. The van der Waals surface area contributed by atoms with Crippen LogP contribution in [0.1, 0.15) is 12.5 Å². The van der Waals surface area contributed by atoms with Gasteiger partial charge in [0.25, 0.3) is 5.91 Å². The van der Waals surface area contributed by atoms with Crippen molar-refractivity contribution in [2.24, 2.45) is 5.10 Å². The van der Waals surface area contributed by atoms with E-state index in [2.05, 4.69) is 5.10 Å². The quantitative estimate of drug-likeness (QED) is 0.651. The van der Waals surface area contributed by atoms with Gasteiger partial charge in [-0.3, -0.25) is 4.79 Å². The number of hydrogen-bond acceptors (Lipinski definition) is 2. The summed E-state index contributed by atoms with van der Waals surface area (Å²) in [4.78, 5) is 12.6. The summed E-state index contributed by atoms with van der Waals surface area (Å²) in [6, 6.07) is 12.1. The fourth-order valence-corrected chi connectivity index (χ4v) is 2.89. The van der Waals surface area contributed by atoms with Crippen molar-refractivity contribution < 1.29 is 4.79 Å². The van der Waals surface area contributed by atoms with Gasteiger partial charge in [-0.2, -0.15) is 10.1 Å². The van der Waals surface area contributed by atoms with Crippen LogP contribution >= 0.6 is 34.8 Å². The SMILES string of the molecule is CC1=NN(c2cccc(Cl)c2)C(=O)C1=Cc1ccc(Cl)cc1Cl. The first-order valence-electron chi connectivity index (χ1n) is 6.78. The molecule has 0 spiro atoms. The van der Waals surface area contributed by atoms with E-state index in [1.54, 1.807) is 55.5 Å². The van der Waals surface area contributed by atoms with Gasteiger partial charge in [0.1, 0.15) is 0 Å². The highest BCUT2D eigenvalue weighted by Gasteiger charge is 2.28. The van der Waals surface area contributed by atoms with Crippen molar-refractivity contribution in [1.82, 2.24) is 0 Å². The van der Waals surface area contributed by atoms with Crippen LogP contribution in [0.4, 0.5) is 5.69 Å². The summed E-state index contributed by atoms with van der Waals surface area (Å²) in [6.45, 7) is 1.78. The number of anilines is 1. The molecule has 1 aliphatic rings. The fourth-order valence-electron chi connectivity index (χ4n) is 2.24. The van der Waals surface area contributed by atoms with E-state index in [0.717, 1.165) is 0 Å². The van der Waals surface area contributed by atoms with E-state index in [0.29, 0.717) is 37.6 Å². The molecule has 6 heteroatoms. The lowest BCUT2D eigenvalue weighted by Crippen LogP contribution is -2.21. The number of hydrazone groups is 1. The predicted octanol–water partition coefficient (Wildman–Crippen LogP) is 5.45. The lowest BCUT2D eigenvalue weighted by molar-refractivity contribution is -0.114. The maximum Gasteiger partial charge on any atom is 0.280 e. The van der Waals surface area contributed by atoms with Crippen LogP contribution in [0.15, 0.2) is 53.1 Å². The monoisotopic (exact) mass is 364 g/mol. The molecule has 2 aromatic rings. The van der Waals surface area contributed by atoms with Crippen molar-refractivity contribution in [2.45, 2.75) is 6.92 Å². The molecule has 0 aromatic heterocycles. The molecule has 0 unspecified atom stereocenters. The second kappa shape index (κ2) is 6.36. The zero-order chi connectivity index (χ0) is 16.6. The first kappa shape index (κ1) is 16.1. The highest BCUT2D eigenvalue weighted by molar-refractivity contribution is 6.37. The zero-order valence-electron chi connectivity index (χ0n) is 12.1. The minimum absolute atomic E-state index is 0.226. The largest absolute Gasteiger partial charge is 0.280 e. The van der Waals surface area contributed by atoms with Crippen LogP contribution in [0.2, 0.25) is 15.1 Å². The summed E-state index contributed by atoms with van der Waals surface area (Å²) in [5.74, 6) is -0.226. The van der Waals surface area contributed by atoms with Crippen LogP contribution in [0, 0.1) is 0 Å². The van der Waals surface area contributed by atoms with E-state index < -0.39 is 0 Å². The molecule has 0 aliphatic carbocycles. The Labute approximate surface area is 148 Å². The molecule has 0 saturated heterocycles. The Bertz CT molecular complexity index is 859. The molecule has 0 atom stereocenters. The fraction of sp³-hybridized carbons (Fsp3) is 0.0588. The van der Waals surface area contributed by atoms with Crippen LogP contribution in [0.5, 0.6) is 0 Å². The minimum atomic E-state index is -0.226. The molecule has 3 rings (SSSR count). The van der Waals surface area contributed by atoms with Crippen LogP contribution in [0.3, 0.4) is 0 Å². The third-order valence-electron chi connectivity index (χ3n) is 3.38. The number of hydrogen-bond donors (Lipinski definition) is 0. The molecule has 1 heterocycles. The number of carbonyl (C=O) groups excluding carboxylic acids is 1. The molecule has 0 saturated carbocycles. The van der Waals surface area contributed by atoms with Crippen molar-refractivity contribution in [3.05, 3.63) is 68.7 Å². The van der Waals surface area contributed by atoms with Gasteiger partial charge in [0, 0.05) is 15.1 Å². The van der Waals surface area contributed by atoms with E-state index in [-0.39, 0.29) is 5.91 Å². The van der Waals surface area contributed by atoms with Crippen molar-refractivity contribution in [2.75, 3.05) is 5.01 Å². The van der Waals surface area contributed by atoms with Gasteiger partial charge >= 0.3 is 0 Å². The molecule has 0 radical (unpaired) electrons. The molecule has 116 valence electrons. The van der Waals surface area contributed by atoms with Crippen LogP contribution in [-0.2, 0) is 4.79 Å². The highest BCUT2D eigenvalue weighted by atomic mass is 35.5. The Hall–Kier alpha value is -1.81. The standard InChI is InChI=1S/C17H11Cl3N2O/c1-10-15(7-11-5-6-13(19)9-16(11)20)17(23)22(21-10)14-4-2-3-12(18)8-14/h2-9H,1H3. The zero-order valence-corrected chi connectivity index (χ0v) is 14.3. The molecule has 2 aromatic carbocycles. The Morgan fingerprint density at radius 3 is 2.48 bits per heavy atom. The molecule has 1 aliphatic heterocycles. The molecule has 3 nitrogen and oxygen atoms in total. The molecule has 1 amide bonds. The van der Waals surface area contributed by atoms with E-state index in [1.807, 2.05) is 0 Å². The van der Waals surface area contributed by atoms with Crippen LogP contribution in [0.25, 0.3) is 6.08 Å². The summed E-state index contributed by atoms with van der Waals surface area (Å²) in [5.41, 5.74) is 2.42. The number of rotatable bonds is 2. The molecular formula is C17H11Cl3N2O. The van der Waals surface area contributed by atoms with Gasteiger partial charge in [-0.1, -0.05) is 46.9 Å². The Morgan fingerprint density at radius 2 is 1.78 bits per heavy atom. The smallest absolute Gasteiger partial charge is 0.267 e. The number of amides is 1. The summed E-state index contributed by atoms with van der Waals surface area (Å²) in [6.07, 6.45) is 1.71. The van der Waals surface area contributed by atoms with Crippen molar-refractivity contribution in [3.8, 4) is 0 Å². The van der Waals surface area contributed by atoms with Gasteiger partial charge in [0.05, 0.1) is 17.0 Å². The molecule has 0 N–H and O–H groups in total. The topological polar surface area (TPSA) is 32.7 Å². The van der Waals surface area contributed by atoms with Crippen molar-refractivity contribution >= 4 is 58.2 Å². The highest BCUT2D eigenvalue weighted by Crippen LogP contribution is 2.29. The average Bonchev–Trinajstić information content (AvgIpc) is 2.78. The Kier molecular flexibility index (Phi) is 4.44. The molecule has 0 fully saturated rings. The third kappa shape index (κ3) is 3.27. The number of halogens is 3. The first-order chi connectivity index (χ1) is 11.0. The average molecular weight is 366 g/mol. The lowest BCUT2D eigenvalue weighted by Gasteiger charge is -2.11. The van der Waals surface area contributed by atoms with Gasteiger partial charge in [-0.05, 0) is 48.9 Å². The molecular weight excluding hydrogens is 355 g/mol. The Morgan fingerprint density at radius 1 is 1.04 bits per heavy atom. The second-order valence-corrected chi connectivity index (χ2v) is 6.29. The van der Waals surface area contributed by atoms with Crippen molar-refractivity contribution in [3.63, 3.8) is 0 Å². The van der Waals surface area contributed by atoms with Crippen LogP contribution < -0.4 is 5.01 Å². The number of benzene rings is 2. The lowest BCUT2D eigenvalue weighted by atomic mass is 10.1. The van der Waals surface area contributed by atoms with E-state index in [9.17, 15) is 4.79 Å². The third-order valence-corrected chi connectivity index (χ3v) is 4.18. The van der Waals surface area contributed by atoms with Gasteiger partial charge in [0.2, 0.25) is 0 Å². The Balaban J connectivity index is 1.98. The van der Waals surface area contributed by atoms with E-state index in [4.69, 9.17) is 34.8 Å². The summed E-state index contributed by atoms with van der Waals surface area (Å²) in [5, 5.41) is 7.20. The first-order valence-corrected chi connectivity index (χ1v) is 7.91. The predicted molar refractivity (Wildman–Crippen MR) is 96.5 cm³/mol. The summed E-state index contributed by atoms with van der Waals surface area (Å²) in [7, 11) is 0. The normalized spacial score (nSPS) is 16.2. The van der Waals surface area contributed by atoms with Gasteiger partial charge in [-0.15, -0.1) is 0 Å². The summed E-state index contributed by atoms with van der Waals surface area (Å²) < 4.78 is 0. The van der Waals surface area contributed by atoms with E-state index >= 15 is 0 Å².